The number of ether oxygens (including phenoxy) is 1. The van der Waals surface area contributed by atoms with Crippen LogP contribution >= 0.6 is 0 Å². The Balaban J connectivity index is 1.92. The summed E-state index contributed by atoms with van der Waals surface area (Å²) < 4.78 is 43.2. The standard InChI is InChI=1S/C15H20F3NO/c16-15(17,18)13-3-1-2-12(8-13)10-14(19)9-11-4-6-20-7-5-11/h1-3,8,11,14H,4-7,9-10,19H2. The van der Waals surface area contributed by atoms with Crippen LogP contribution in [-0.4, -0.2) is 19.3 Å². The van der Waals surface area contributed by atoms with Crippen LogP contribution < -0.4 is 5.73 Å². The van der Waals surface area contributed by atoms with Gasteiger partial charge in [-0.1, -0.05) is 18.2 Å². The summed E-state index contributed by atoms with van der Waals surface area (Å²) in [5, 5.41) is 0. The monoisotopic (exact) mass is 287 g/mol. The van der Waals surface area contributed by atoms with Crippen LogP contribution in [-0.2, 0) is 17.3 Å². The minimum atomic E-state index is -4.29. The van der Waals surface area contributed by atoms with Crippen LogP contribution in [0.1, 0.15) is 30.4 Å². The smallest absolute Gasteiger partial charge is 0.381 e. The quantitative estimate of drug-likeness (QED) is 0.921. The third kappa shape index (κ3) is 4.49. The first-order chi connectivity index (χ1) is 9.45. The molecule has 1 aromatic carbocycles. The fourth-order valence-electron chi connectivity index (χ4n) is 2.67. The summed E-state index contributed by atoms with van der Waals surface area (Å²) in [6.45, 7) is 1.53. The number of nitrogens with two attached hydrogens (primary N) is 1. The van der Waals surface area contributed by atoms with Gasteiger partial charge in [0.25, 0.3) is 0 Å². The van der Waals surface area contributed by atoms with E-state index in [1.165, 1.54) is 12.1 Å². The van der Waals surface area contributed by atoms with Crippen molar-refractivity contribution in [3.8, 4) is 0 Å². The van der Waals surface area contributed by atoms with Gasteiger partial charge in [-0.15, -0.1) is 0 Å². The molecule has 112 valence electrons. The molecule has 1 unspecified atom stereocenters. The molecule has 1 aromatic rings. The maximum absolute atomic E-state index is 12.6. The molecule has 0 radical (unpaired) electrons. The number of benzene rings is 1. The summed E-state index contributed by atoms with van der Waals surface area (Å²) in [5.74, 6) is 0.532. The molecular weight excluding hydrogens is 267 g/mol. The molecule has 20 heavy (non-hydrogen) atoms. The zero-order valence-electron chi connectivity index (χ0n) is 11.3. The second-order valence-corrected chi connectivity index (χ2v) is 5.45. The van der Waals surface area contributed by atoms with E-state index >= 15 is 0 Å². The summed E-state index contributed by atoms with van der Waals surface area (Å²) in [7, 11) is 0. The van der Waals surface area contributed by atoms with E-state index in [4.69, 9.17) is 10.5 Å². The topological polar surface area (TPSA) is 35.2 Å². The molecule has 0 amide bonds. The Morgan fingerprint density at radius 3 is 2.60 bits per heavy atom. The molecule has 0 aliphatic carbocycles. The van der Waals surface area contributed by atoms with Crippen molar-refractivity contribution < 1.29 is 17.9 Å². The maximum Gasteiger partial charge on any atom is 0.416 e. The first kappa shape index (κ1) is 15.3. The Labute approximate surface area is 117 Å². The molecule has 0 bridgehead atoms. The van der Waals surface area contributed by atoms with Crippen molar-refractivity contribution in [1.82, 2.24) is 0 Å². The fourth-order valence-corrected chi connectivity index (χ4v) is 2.67. The predicted octanol–water partition coefficient (Wildman–Crippen LogP) is 3.39. The molecule has 5 heteroatoms. The molecule has 2 rings (SSSR count). The fraction of sp³-hybridized carbons (Fsp3) is 0.600. The van der Waals surface area contributed by atoms with Crippen LogP contribution in [0.5, 0.6) is 0 Å². The highest BCUT2D eigenvalue weighted by atomic mass is 19.4. The Morgan fingerprint density at radius 2 is 1.95 bits per heavy atom. The lowest BCUT2D eigenvalue weighted by Crippen LogP contribution is -2.28. The van der Waals surface area contributed by atoms with Crippen LogP contribution in [0.25, 0.3) is 0 Å². The van der Waals surface area contributed by atoms with Gasteiger partial charge in [-0.3, -0.25) is 0 Å². The van der Waals surface area contributed by atoms with E-state index in [0.717, 1.165) is 38.5 Å². The lowest BCUT2D eigenvalue weighted by molar-refractivity contribution is -0.137. The summed E-state index contributed by atoms with van der Waals surface area (Å²) in [6, 6.07) is 5.34. The zero-order valence-corrected chi connectivity index (χ0v) is 11.3. The highest BCUT2D eigenvalue weighted by Gasteiger charge is 2.30. The zero-order chi connectivity index (χ0) is 14.6. The predicted molar refractivity (Wildman–Crippen MR) is 71.3 cm³/mol. The minimum absolute atomic E-state index is 0.0958. The van der Waals surface area contributed by atoms with Crippen molar-refractivity contribution in [2.45, 2.75) is 37.9 Å². The van der Waals surface area contributed by atoms with Crippen LogP contribution in [0.4, 0.5) is 13.2 Å². The number of hydrogen-bond acceptors (Lipinski definition) is 2. The van der Waals surface area contributed by atoms with Gasteiger partial charge in [0.05, 0.1) is 5.56 Å². The van der Waals surface area contributed by atoms with Crippen LogP contribution in [0.15, 0.2) is 24.3 Å². The van der Waals surface area contributed by atoms with E-state index in [2.05, 4.69) is 0 Å². The molecule has 2 nitrogen and oxygen atoms in total. The van der Waals surface area contributed by atoms with E-state index in [-0.39, 0.29) is 6.04 Å². The number of halogens is 3. The molecule has 0 saturated carbocycles. The van der Waals surface area contributed by atoms with Crippen molar-refractivity contribution >= 4 is 0 Å². The first-order valence-corrected chi connectivity index (χ1v) is 6.94. The van der Waals surface area contributed by atoms with Crippen LogP contribution in [0.2, 0.25) is 0 Å². The van der Waals surface area contributed by atoms with Gasteiger partial charge < -0.3 is 10.5 Å². The Kier molecular flexibility index (Phi) is 5.05. The molecule has 1 saturated heterocycles. The lowest BCUT2D eigenvalue weighted by atomic mass is 9.90. The van der Waals surface area contributed by atoms with Crippen molar-refractivity contribution in [2.75, 3.05) is 13.2 Å². The Hall–Kier alpha value is -1.07. The molecule has 1 aliphatic rings. The molecular formula is C15H20F3NO. The maximum atomic E-state index is 12.6. The highest BCUT2D eigenvalue weighted by molar-refractivity contribution is 5.26. The summed E-state index contributed by atoms with van der Waals surface area (Å²) >= 11 is 0. The van der Waals surface area contributed by atoms with Gasteiger partial charge in [0.2, 0.25) is 0 Å². The number of rotatable bonds is 4. The van der Waals surface area contributed by atoms with E-state index in [1.54, 1.807) is 6.07 Å². The normalized spacial score (nSPS) is 19.0. The summed E-state index contributed by atoms with van der Waals surface area (Å²) in [6.07, 6.45) is -0.964. The van der Waals surface area contributed by atoms with Crippen LogP contribution in [0, 0.1) is 5.92 Å². The van der Waals surface area contributed by atoms with E-state index in [0.29, 0.717) is 17.9 Å². The van der Waals surface area contributed by atoms with Gasteiger partial charge in [-0.2, -0.15) is 13.2 Å². The molecule has 1 fully saturated rings. The van der Waals surface area contributed by atoms with Crippen molar-refractivity contribution in [3.05, 3.63) is 35.4 Å². The average Bonchev–Trinajstić information content (AvgIpc) is 2.39. The Morgan fingerprint density at radius 1 is 1.25 bits per heavy atom. The van der Waals surface area contributed by atoms with E-state index in [9.17, 15) is 13.2 Å². The average molecular weight is 287 g/mol. The largest absolute Gasteiger partial charge is 0.416 e. The molecule has 1 aliphatic heterocycles. The Bertz CT molecular complexity index is 427. The van der Waals surface area contributed by atoms with Gasteiger partial charge in [0.15, 0.2) is 0 Å². The molecule has 0 spiro atoms. The highest BCUT2D eigenvalue weighted by Crippen LogP contribution is 2.30. The second kappa shape index (κ2) is 6.59. The van der Waals surface area contributed by atoms with E-state index < -0.39 is 11.7 Å². The van der Waals surface area contributed by atoms with Gasteiger partial charge >= 0.3 is 6.18 Å². The van der Waals surface area contributed by atoms with Crippen molar-refractivity contribution in [2.24, 2.45) is 11.7 Å². The van der Waals surface area contributed by atoms with Crippen LogP contribution in [0.3, 0.4) is 0 Å². The third-order valence-electron chi connectivity index (χ3n) is 3.73. The van der Waals surface area contributed by atoms with Gasteiger partial charge in [-0.05, 0) is 43.2 Å². The molecule has 1 atom stereocenters. The van der Waals surface area contributed by atoms with E-state index in [1.807, 2.05) is 0 Å². The summed E-state index contributed by atoms with van der Waals surface area (Å²) in [5.41, 5.74) is 6.12. The number of alkyl halides is 3. The molecule has 1 heterocycles. The van der Waals surface area contributed by atoms with Crippen molar-refractivity contribution in [3.63, 3.8) is 0 Å². The minimum Gasteiger partial charge on any atom is -0.381 e. The van der Waals surface area contributed by atoms with Gasteiger partial charge in [-0.25, -0.2) is 0 Å². The first-order valence-electron chi connectivity index (χ1n) is 6.94. The summed E-state index contributed by atoms with van der Waals surface area (Å²) in [4.78, 5) is 0. The SMILES string of the molecule is NC(Cc1cccc(C(F)(F)F)c1)CC1CCOCC1. The molecule has 2 N–H and O–H groups in total. The van der Waals surface area contributed by atoms with Crippen molar-refractivity contribution in [1.29, 1.82) is 0 Å². The number of hydrogen-bond donors (Lipinski definition) is 1. The second-order valence-electron chi connectivity index (χ2n) is 5.45. The third-order valence-corrected chi connectivity index (χ3v) is 3.73. The van der Waals surface area contributed by atoms with Gasteiger partial charge in [0, 0.05) is 19.3 Å². The van der Waals surface area contributed by atoms with Gasteiger partial charge in [0.1, 0.15) is 0 Å². The lowest BCUT2D eigenvalue weighted by Gasteiger charge is -2.25. The molecule has 0 aromatic heterocycles.